The summed E-state index contributed by atoms with van der Waals surface area (Å²) in [6, 6.07) is -0.460. The molecule has 2 fully saturated rings. The van der Waals surface area contributed by atoms with Gasteiger partial charge in [-0.1, -0.05) is 12.2 Å². The highest BCUT2D eigenvalue weighted by Gasteiger charge is 2.42. The van der Waals surface area contributed by atoms with E-state index >= 15 is 0 Å². The number of carbonyl (C=O) groups excluding carboxylic acids is 1. The second-order valence-corrected chi connectivity index (χ2v) is 6.26. The van der Waals surface area contributed by atoms with E-state index in [2.05, 4.69) is 12.2 Å². The molecule has 0 spiro atoms. The normalized spacial score (nSPS) is 34.5. The van der Waals surface area contributed by atoms with Crippen molar-refractivity contribution in [3.63, 3.8) is 0 Å². The summed E-state index contributed by atoms with van der Waals surface area (Å²) < 4.78 is 0. The fraction of sp³-hybridized carbons (Fsp3) is 0.733. The number of fused-ring (bicyclic) bond motifs is 2. The number of carboxylic acids is 1. The van der Waals surface area contributed by atoms with E-state index in [1.54, 1.807) is 6.92 Å². The minimum Gasteiger partial charge on any atom is -0.480 e. The van der Waals surface area contributed by atoms with Crippen molar-refractivity contribution < 1.29 is 14.7 Å². The largest absolute Gasteiger partial charge is 0.480 e. The van der Waals surface area contributed by atoms with Crippen molar-refractivity contribution >= 4 is 11.9 Å². The molecular formula is C15H22N2O3. The first-order valence-electron chi connectivity index (χ1n) is 7.50. The van der Waals surface area contributed by atoms with E-state index in [-0.39, 0.29) is 11.8 Å². The summed E-state index contributed by atoms with van der Waals surface area (Å²) in [7, 11) is 0. The first-order valence-corrected chi connectivity index (χ1v) is 7.50. The van der Waals surface area contributed by atoms with E-state index in [1.165, 1.54) is 0 Å². The van der Waals surface area contributed by atoms with Crippen LogP contribution in [0.5, 0.6) is 0 Å². The van der Waals surface area contributed by atoms with E-state index in [0.29, 0.717) is 38.0 Å². The van der Waals surface area contributed by atoms with Crippen molar-refractivity contribution in [1.82, 2.24) is 9.80 Å². The van der Waals surface area contributed by atoms with Crippen LogP contribution in [0.4, 0.5) is 0 Å². The zero-order chi connectivity index (χ0) is 14.3. The molecule has 2 aliphatic carbocycles. The molecule has 4 atom stereocenters. The molecule has 3 rings (SSSR count). The van der Waals surface area contributed by atoms with Gasteiger partial charge in [0.05, 0.1) is 0 Å². The smallest absolute Gasteiger partial charge is 0.320 e. The molecule has 1 heterocycles. The number of hydrogen-bond acceptors (Lipinski definition) is 3. The van der Waals surface area contributed by atoms with Gasteiger partial charge in [-0.25, -0.2) is 0 Å². The SMILES string of the molecule is CC(C(=O)O)N1CCN(C(=O)C2CC3C=CC2C3)CC1. The van der Waals surface area contributed by atoms with Crippen LogP contribution in [0.25, 0.3) is 0 Å². The molecule has 1 saturated carbocycles. The fourth-order valence-corrected chi connectivity index (χ4v) is 3.78. The average molecular weight is 278 g/mol. The average Bonchev–Trinajstić information content (AvgIpc) is 3.08. The van der Waals surface area contributed by atoms with Gasteiger partial charge in [0.1, 0.15) is 6.04 Å². The number of amides is 1. The number of nitrogens with zero attached hydrogens (tertiary/aromatic N) is 2. The molecule has 0 aromatic rings. The lowest BCUT2D eigenvalue weighted by atomic mass is 9.92. The van der Waals surface area contributed by atoms with Crippen molar-refractivity contribution in [3.05, 3.63) is 12.2 Å². The van der Waals surface area contributed by atoms with Crippen LogP contribution in [0.3, 0.4) is 0 Å². The standard InChI is InChI=1S/C15H22N2O3/c1-10(15(19)20)16-4-6-17(7-5-16)14(18)13-9-11-2-3-12(13)8-11/h2-3,10-13H,4-9H2,1H3,(H,19,20). The third-order valence-corrected chi connectivity index (χ3v) is 5.13. The first kappa shape index (κ1) is 13.6. The lowest BCUT2D eigenvalue weighted by Gasteiger charge is -2.38. The van der Waals surface area contributed by atoms with Crippen LogP contribution in [0.15, 0.2) is 12.2 Å². The highest BCUT2D eigenvalue weighted by molar-refractivity contribution is 5.80. The Labute approximate surface area is 119 Å². The third kappa shape index (κ3) is 2.35. The summed E-state index contributed by atoms with van der Waals surface area (Å²) in [5.41, 5.74) is 0. The Bertz CT molecular complexity index is 440. The highest BCUT2D eigenvalue weighted by atomic mass is 16.4. The molecule has 5 heteroatoms. The minimum absolute atomic E-state index is 0.174. The van der Waals surface area contributed by atoms with Gasteiger partial charge in [0, 0.05) is 32.1 Å². The Morgan fingerprint density at radius 1 is 1.15 bits per heavy atom. The Balaban J connectivity index is 1.54. The highest BCUT2D eigenvalue weighted by Crippen LogP contribution is 2.44. The lowest BCUT2D eigenvalue weighted by Crippen LogP contribution is -2.54. The molecule has 0 radical (unpaired) electrons. The summed E-state index contributed by atoms with van der Waals surface area (Å²) in [5.74, 6) is 0.728. The molecule has 0 aromatic carbocycles. The van der Waals surface area contributed by atoms with E-state index < -0.39 is 12.0 Å². The van der Waals surface area contributed by atoms with E-state index in [1.807, 2.05) is 9.80 Å². The number of carboxylic acid groups (broad SMARTS) is 1. The summed E-state index contributed by atoms with van der Waals surface area (Å²) >= 11 is 0. The molecular weight excluding hydrogens is 256 g/mol. The van der Waals surface area contributed by atoms with Crippen LogP contribution in [-0.4, -0.2) is 59.0 Å². The molecule has 1 N–H and O–H groups in total. The molecule has 4 unspecified atom stereocenters. The van der Waals surface area contributed by atoms with Crippen LogP contribution in [-0.2, 0) is 9.59 Å². The Morgan fingerprint density at radius 2 is 1.85 bits per heavy atom. The maximum atomic E-state index is 12.6. The summed E-state index contributed by atoms with van der Waals surface area (Å²) in [5, 5.41) is 9.02. The topological polar surface area (TPSA) is 60.9 Å². The minimum atomic E-state index is -0.789. The summed E-state index contributed by atoms with van der Waals surface area (Å²) in [6.45, 7) is 4.36. The van der Waals surface area contributed by atoms with E-state index in [0.717, 1.165) is 12.8 Å². The van der Waals surface area contributed by atoms with Gasteiger partial charge in [0.25, 0.3) is 0 Å². The predicted molar refractivity (Wildman–Crippen MR) is 74.1 cm³/mol. The molecule has 1 amide bonds. The molecule has 1 saturated heterocycles. The zero-order valence-electron chi connectivity index (χ0n) is 11.9. The van der Waals surface area contributed by atoms with Crippen LogP contribution < -0.4 is 0 Å². The fourth-order valence-electron chi connectivity index (χ4n) is 3.78. The van der Waals surface area contributed by atoms with Crippen LogP contribution in [0.2, 0.25) is 0 Å². The second kappa shape index (κ2) is 5.20. The van der Waals surface area contributed by atoms with Crippen molar-refractivity contribution in [2.45, 2.75) is 25.8 Å². The van der Waals surface area contributed by atoms with Crippen molar-refractivity contribution in [3.8, 4) is 0 Å². The Morgan fingerprint density at radius 3 is 2.35 bits per heavy atom. The van der Waals surface area contributed by atoms with Gasteiger partial charge in [0.15, 0.2) is 0 Å². The Kier molecular flexibility index (Phi) is 3.54. The monoisotopic (exact) mass is 278 g/mol. The van der Waals surface area contributed by atoms with Gasteiger partial charge in [-0.3, -0.25) is 14.5 Å². The molecule has 1 aliphatic heterocycles. The number of piperazine rings is 1. The van der Waals surface area contributed by atoms with Crippen molar-refractivity contribution in [1.29, 1.82) is 0 Å². The van der Waals surface area contributed by atoms with Gasteiger partial charge >= 0.3 is 5.97 Å². The number of rotatable bonds is 3. The maximum Gasteiger partial charge on any atom is 0.320 e. The van der Waals surface area contributed by atoms with Crippen LogP contribution in [0, 0.1) is 17.8 Å². The molecule has 3 aliphatic rings. The number of hydrogen-bond donors (Lipinski definition) is 1. The van der Waals surface area contributed by atoms with Crippen molar-refractivity contribution in [2.75, 3.05) is 26.2 Å². The molecule has 5 nitrogen and oxygen atoms in total. The second-order valence-electron chi connectivity index (χ2n) is 6.26. The third-order valence-electron chi connectivity index (χ3n) is 5.13. The van der Waals surface area contributed by atoms with Gasteiger partial charge in [-0.2, -0.15) is 0 Å². The Hall–Kier alpha value is -1.36. The number of allylic oxidation sites excluding steroid dienone is 2. The van der Waals surface area contributed by atoms with Gasteiger partial charge < -0.3 is 10.0 Å². The van der Waals surface area contributed by atoms with Gasteiger partial charge in [0.2, 0.25) is 5.91 Å². The summed E-state index contributed by atoms with van der Waals surface area (Å²) in [4.78, 5) is 27.4. The lowest BCUT2D eigenvalue weighted by molar-refractivity contribution is -0.144. The van der Waals surface area contributed by atoms with Crippen LogP contribution >= 0.6 is 0 Å². The molecule has 110 valence electrons. The molecule has 20 heavy (non-hydrogen) atoms. The van der Waals surface area contributed by atoms with Gasteiger partial charge in [-0.15, -0.1) is 0 Å². The number of carbonyl (C=O) groups is 2. The quantitative estimate of drug-likeness (QED) is 0.776. The number of aliphatic carboxylic acids is 1. The summed E-state index contributed by atoms with van der Waals surface area (Å²) in [6.07, 6.45) is 6.61. The van der Waals surface area contributed by atoms with Crippen molar-refractivity contribution in [2.24, 2.45) is 17.8 Å². The maximum absolute atomic E-state index is 12.6. The first-order chi connectivity index (χ1) is 9.56. The zero-order valence-corrected chi connectivity index (χ0v) is 11.9. The molecule has 0 aromatic heterocycles. The van der Waals surface area contributed by atoms with E-state index in [9.17, 15) is 9.59 Å². The predicted octanol–water partition coefficient (Wildman–Crippen LogP) is 0.816. The molecule has 2 bridgehead atoms. The van der Waals surface area contributed by atoms with Crippen LogP contribution in [0.1, 0.15) is 19.8 Å². The van der Waals surface area contributed by atoms with Gasteiger partial charge in [-0.05, 0) is 31.6 Å². The van der Waals surface area contributed by atoms with E-state index in [4.69, 9.17) is 5.11 Å².